The van der Waals surface area contributed by atoms with Gasteiger partial charge in [0.25, 0.3) is 0 Å². The Morgan fingerprint density at radius 2 is 0.621 bits per heavy atom. The zero-order valence-corrected chi connectivity index (χ0v) is 32.0. The third-order valence-corrected chi connectivity index (χ3v) is 11.9. The molecule has 0 atom stereocenters. The molecule has 0 saturated heterocycles. The summed E-state index contributed by atoms with van der Waals surface area (Å²) < 4.78 is 4.96. The highest BCUT2D eigenvalue weighted by atomic mass is 15.0. The summed E-state index contributed by atoms with van der Waals surface area (Å²) >= 11 is 0. The van der Waals surface area contributed by atoms with Gasteiger partial charge in [0.2, 0.25) is 13.4 Å². The minimum absolute atomic E-state index is 0.0802. The van der Waals surface area contributed by atoms with Gasteiger partial charge in [-0.1, -0.05) is 221 Å². The molecule has 4 heteroatoms. The van der Waals surface area contributed by atoms with Gasteiger partial charge in [0.05, 0.1) is 22.1 Å². The number of hydrogen-bond donors (Lipinski definition) is 0. The standard InChI is InChI=1S/C54H38B2N2/c1-7-19-39(20-8-1)55(40-21-9-2-10-22-40)43-31-34-50-48(37-43)47-33-36-52-53(54(47)58(50)46-29-17-6-18-30-46)49-38-44(32-35-51(49)57(52)45-27-15-5-16-28-45)56(41-23-11-3-12-24-41)42-25-13-4-14-26-42/h1-38H. The lowest BCUT2D eigenvalue weighted by Crippen LogP contribution is -2.51. The van der Waals surface area contributed by atoms with Gasteiger partial charge in [-0.15, -0.1) is 0 Å². The molecule has 0 amide bonds. The summed E-state index contributed by atoms with van der Waals surface area (Å²) in [6.07, 6.45) is 0. The predicted octanol–water partition coefficient (Wildman–Crippen LogP) is 8.91. The first kappa shape index (κ1) is 34.0. The van der Waals surface area contributed by atoms with Crippen molar-refractivity contribution in [1.82, 2.24) is 9.13 Å². The molecule has 0 aliphatic carbocycles. The van der Waals surface area contributed by atoms with Crippen LogP contribution >= 0.6 is 0 Å². The predicted molar refractivity (Wildman–Crippen MR) is 250 cm³/mol. The molecular formula is C54H38B2N2. The van der Waals surface area contributed by atoms with Crippen LogP contribution in [0.3, 0.4) is 0 Å². The van der Waals surface area contributed by atoms with Crippen molar-refractivity contribution in [2.45, 2.75) is 0 Å². The highest BCUT2D eigenvalue weighted by molar-refractivity contribution is 6.96. The molecule has 0 saturated carbocycles. The molecule has 11 aromatic rings. The zero-order valence-electron chi connectivity index (χ0n) is 32.0. The van der Waals surface area contributed by atoms with Crippen LogP contribution in [0.15, 0.2) is 231 Å². The van der Waals surface area contributed by atoms with Crippen molar-refractivity contribution in [3.05, 3.63) is 231 Å². The van der Waals surface area contributed by atoms with Gasteiger partial charge in [-0.3, -0.25) is 0 Å². The molecule has 11 rings (SSSR count). The number of hydrogen-bond acceptors (Lipinski definition) is 0. The van der Waals surface area contributed by atoms with Crippen LogP contribution < -0.4 is 32.8 Å². The third kappa shape index (κ3) is 5.68. The Morgan fingerprint density at radius 1 is 0.259 bits per heavy atom. The van der Waals surface area contributed by atoms with Gasteiger partial charge >= 0.3 is 0 Å². The summed E-state index contributed by atoms with van der Waals surface area (Å²) in [4.78, 5) is 0. The van der Waals surface area contributed by atoms with E-state index in [9.17, 15) is 0 Å². The fraction of sp³-hybridized carbons (Fsp3) is 0. The van der Waals surface area contributed by atoms with Crippen molar-refractivity contribution >= 4 is 89.8 Å². The molecule has 0 bridgehead atoms. The molecule has 0 radical (unpaired) electrons. The van der Waals surface area contributed by atoms with Crippen molar-refractivity contribution in [2.75, 3.05) is 0 Å². The second-order valence-electron chi connectivity index (χ2n) is 15.3. The van der Waals surface area contributed by atoms with E-state index in [2.05, 4.69) is 240 Å². The van der Waals surface area contributed by atoms with Crippen LogP contribution in [-0.4, -0.2) is 22.6 Å². The Labute approximate surface area is 339 Å². The maximum atomic E-state index is 2.50. The first-order valence-electron chi connectivity index (χ1n) is 20.2. The molecule has 2 nitrogen and oxygen atoms in total. The largest absolute Gasteiger partial charge is 0.309 e. The second kappa shape index (κ2) is 14.3. The number of fused-ring (bicyclic) bond motifs is 7. The molecule has 270 valence electrons. The minimum Gasteiger partial charge on any atom is -0.309 e. The monoisotopic (exact) mass is 736 g/mol. The molecule has 58 heavy (non-hydrogen) atoms. The maximum Gasteiger partial charge on any atom is 0.241 e. The molecule has 9 aromatic carbocycles. The Bertz CT molecular complexity index is 3120. The van der Waals surface area contributed by atoms with E-state index in [1.807, 2.05) is 0 Å². The number of nitrogens with zero attached hydrogens (tertiary/aromatic N) is 2. The van der Waals surface area contributed by atoms with Crippen molar-refractivity contribution in [1.29, 1.82) is 0 Å². The number of benzene rings is 9. The summed E-state index contributed by atoms with van der Waals surface area (Å²) in [5, 5.41) is 4.99. The summed E-state index contributed by atoms with van der Waals surface area (Å²) in [5.41, 5.74) is 14.8. The lowest BCUT2D eigenvalue weighted by atomic mass is 9.37. The average Bonchev–Trinajstić information content (AvgIpc) is 3.81. The van der Waals surface area contributed by atoms with E-state index < -0.39 is 0 Å². The average molecular weight is 737 g/mol. The van der Waals surface area contributed by atoms with Gasteiger partial charge in [-0.05, 0) is 42.5 Å². The van der Waals surface area contributed by atoms with Crippen molar-refractivity contribution in [2.24, 2.45) is 0 Å². The normalized spacial score (nSPS) is 11.4. The molecule has 0 spiro atoms. The van der Waals surface area contributed by atoms with Gasteiger partial charge in [-0.2, -0.15) is 0 Å². The Hall–Kier alpha value is -7.29. The van der Waals surface area contributed by atoms with Crippen molar-refractivity contribution in [3.8, 4) is 11.4 Å². The van der Waals surface area contributed by atoms with Gasteiger partial charge in [0.15, 0.2) is 0 Å². The highest BCUT2D eigenvalue weighted by Crippen LogP contribution is 2.41. The minimum atomic E-state index is 0.0802. The van der Waals surface area contributed by atoms with Crippen LogP contribution in [0.2, 0.25) is 0 Å². The highest BCUT2D eigenvalue weighted by Gasteiger charge is 2.27. The summed E-state index contributed by atoms with van der Waals surface area (Å²) in [5.74, 6) is 0. The van der Waals surface area contributed by atoms with E-state index in [1.54, 1.807) is 0 Å². The molecular weight excluding hydrogens is 698 g/mol. The van der Waals surface area contributed by atoms with Crippen LogP contribution in [0.5, 0.6) is 0 Å². The quantitative estimate of drug-likeness (QED) is 0.138. The van der Waals surface area contributed by atoms with Gasteiger partial charge in [0, 0.05) is 32.9 Å². The van der Waals surface area contributed by atoms with E-state index in [-0.39, 0.29) is 13.4 Å². The zero-order chi connectivity index (χ0) is 38.4. The van der Waals surface area contributed by atoms with E-state index >= 15 is 0 Å². The van der Waals surface area contributed by atoms with Crippen LogP contribution in [0.1, 0.15) is 0 Å². The molecule has 0 N–H and O–H groups in total. The van der Waals surface area contributed by atoms with Gasteiger partial charge in [0.1, 0.15) is 0 Å². The molecule has 0 aliphatic heterocycles. The van der Waals surface area contributed by atoms with E-state index in [0.29, 0.717) is 0 Å². The van der Waals surface area contributed by atoms with E-state index in [0.717, 1.165) is 11.4 Å². The number of para-hydroxylation sites is 2. The molecule has 2 aromatic heterocycles. The molecule has 0 fully saturated rings. The number of rotatable bonds is 8. The summed E-state index contributed by atoms with van der Waals surface area (Å²) in [7, 11) is 0. The second-order valence-corrected chi connectivity index (χ2v) is 15.3. The van der Waals surface area contributed by atoms with Crippen LogP contribution in [0.25, 0.3) is 55.0 Å². The SMILES string of the molecule is c1ccc(B(c2ccccc2)c2ccc3c(c2)c2c(ccc4c5cc(B(c6ccccc6)c6ccccc6)ccc5n(-c5ccccc5)c42)n3-c2ccccc2)cc1. The van der Waals surface area contributed by atoms with Crippen LogP contribution in [-0.2, 0) is 0 Å². The summed E-state index contributed by atoms with van der Waals surface area (Å²) in [6.45, 7) is 0.178. The molecule has 0 aliphatic rings. The molecule has 0 unspecified atom stereocenters. The topological polar surface area (TPSA) is 9.86 Å². The first-order valence-corrected chi connectivity index (χ1v) is 20.2. The van der Waals surface area contributed by atoms with E-state index in [1.165, 1.54) is 76.4 Å². The van der Waals surface area contributed by atoms with E-state index in [4.69, 9.17) is 0 Å². The van der Waals surface area contributed by atoms with Gasteiger partial charge in [-0.25, -0.2) is 0 Å². The lowest BCUT2D eigenvalue weighted by Gasteiger charge is -2.16. The Balaban J connectivity index is 1.25. The van der Waals surface area contributed by atoms with Crippen molar-refractivity contribution < 1.29 is 0 Å². The smallest absolute Gasteiger partial charge is 0.241 e. The van der Waals surface area contributed by atoms with Crippen LogP contribution in [0, 0.1) is 0 Å². The van der Waals surface area contributed by atoms with Gasteiger partial charge < -0.3 is 9.13 Å². The molecule has 2 heterocycles. The number of aromatic nitrogens is 2. The Morgan fingerprint density at radius 3 is 1.07 bits per heavy atom. The summed E-state index contributed by atoms with van der Waals surface area (Å²) in [6, 6.07) is 84.4. The third-order valence-electron chi connectivity index (χ3n) is 11.9. The van der Waals surface area contributed by atoms with Crippen LogP contribution in [0.4, 0.5) is 0 Å². The Kier molecular flexibility index (Phi) is 8.40. The van der Waals surface area contributed by atoms with Crippen molar-refractivity contribution in [3.63, 3.8) is 0 Å². The lowest BCUT2D eigenvalue weighted by molar-refractivity contribution is 1.17. The maximum absolute atomic E-state index is 2.50. The fourth-order valence-electron chi connectivity index (χ4n) is 9.44. The fourth-order valence-corrected chi connectivity index (χ4v) is 9.44. The first-order chi connectivity index (χ1) is 28.8.